The number of aromatic nitrogens is 2. The van der Waals surface area contributed by atoms with Gasteiger partial charge in [0.2, 0.25) is 0 Å². The van der Waals surface area contributed by atoms with Crippen LogP contribution in [0.25, 0.3) is 0 Å². The highest BCUT2D eigenvalue weighted by Crippen LogP contribution is 2.20. The van der Waals surface area contributed by atoms with Gasteiger partial charge in [0.1, 0.15) is 23.8 Å². The lowest BCUT2D eigenvalue weighted by Gasteiger charge is -2.17. The number of nitrogens with one attached hydrogen (secondary N) is 1. The van der Waals surface area contributed by atoms with Crippen LogP contribution in [0, 0.1) is 5.82 Å². The normalized spacial score (nSPS) is 15.8. The van der Waals surface area contributed by atoms with Gasteiger partial charge >= 0.3 is 0 Å². The second-order valence-electron chi connectivity index (χ2n) is 5.41. The van der Waals surface area contributed by atoms with Gasteiger partial charge in [0, 0.05) is 25.7 Å². The summed E-state index contributed by atoms with van der Waals surface area (Å²) in [4.78, 5) is 10.7. The van der Waals surface area contributed by atoms with Crippen LogP contribution in [0.1, 0.15) is 24.5 Å². The van der Waals surface area contributed by atoms with Crippen LogP contribution in [0.4, 0.5) is 16.0 Å². The predicted octanol–water partition coefficient (Wildman–Crippen LogP) is 2.36. The van der Waals surface area contributed by atoms with Gasteiger partial charge in [-0.1, -0.05) is 12.1 Å². The fraction of sp³-hybridized carbons (Fsp3) is 0.375. The maximum atomic E-state index is 13.2. The molecule has 1 atom stereocenters. The summed E-state index contributed by atoms with van der Waals surface area (Å²) in [5.41, 5.74) is 0.543. The van der Waals surface area contributed by atoms with E-state index in [0.29, 0.717) is 11.4 Å². The van der Waals surface area contributed by atoms with Gasteiger partial charge in [0.05, 0.1) is 6.10 Å². The molecule has 0 amide bonds. The number of rotatable bonds is 5. The number of hydrogen-bond donors (Lipinski definition) is 2. The minimum atomic E-state index is -0.791. The third kappa shape index (κ3) is 3.51. The smallest absolute Gasteiger partial charge is 0.134 e. The van der Waals surface area contributed by atoms with Crippen molar-refractivity contribution in [3.63, 3.8) is 0 Å². The Morgan fingerprint density at radius 3 is 2.82 bits per heavy atom. The van der Waals surface area contributed by atoms with Crippen LogP contribution in [0.5, 0.6) is 0 Å². The van der Waals surface area contributed by atoms with E-state index in [2.05, 4.69) is 20.2 Å². The van der Waals surface area contributed by atoms with Crippen molar-refractivity contribution >= 4 is 11.6 Å². The van der Waals surface area contributed by atoms with Gasteiger partial charge in [-0.05, 0) is 30.5 Å². The fourth-order valence-electron chi connectivity index (χ4n) is 2.60. The van der Waals surface area contributed by atoms with E-state index in [1.807, 2.05) is 6.07 Å². The summed E-state index contributed by atoms with van der Waals surface area (Å²) >= 11 is 0. The molecule has 1 fully saturated rings. The molecule has 5 nitrogen and oxygen atoms in total. The molecule has 1 aromatic carbocycles. The lowest BCUT2D eigenvalue weighted by atomic mass is 10.1. The molecule has 1 aliphatic rings. The molecule has 1 aromatic heterocycles. The number of aliphatic hydroxyl groups excluding tert-OH is 1. The number of benzene rings is 1. The summed E-state index contributed by atoms with van der Waals surface area (Å²) in [7, 11) is 0. The molecule has 2 N–H and O–H groups in total. The van der Waals surface area contributed by atoms with Crippen LogP contribution < -0.4 is 10.2 Å². The Balaban J connectivity index is 1.62. The number of hydrogen-bond acceptors (Lipinski definition) is 5. The van der Waals surface area contributed by atoms with Crippen molar-refractivity contribution in [1.82, 2.24) is 9.97 Å². The zero-order valence-corrected chi connectivity index (χ0v) is 12.2. The van der Waals surface area contributed by atoms with Crippen molar-refractivity contribution in [3.8, 4) is 0 Å². The number of halogens is 1. The van der Waals surface area contributed by atoms with E-state index in [0.717, 1.165) is 18.9 Å². The Labute approximate surface area is 128 Å². The quantitative estimate of drug-likeness (QED) is 0.888. The average molecular weight is 302 g/mol. The van der Waals surface area contributed by atoms with E-state index in [-0.39, 0.29) is 12.4 Å². The molecule has 2 heterocycles. The monoisotopic (exact) mass is 302 g/mol. The summed E-state index contributed by atoms with van der Waals surface area (Å²) in [6, 6.07) is 7.86. The minimum absolute atomic E-state index is 0.264. The third-order valence-corrected chi connectivity index (χ3v) is 3.79. The summed E-state index contributed by atoms with van der Waals surface area (Å²) < 4.78 is 13.2. The van der Waals surface area contributed by atoms with Crippen LogP contribution in [-0.2, 0) is 0 Å². The van der Waals surface area contributed by atoms with Gasteiger partial charge in [-0.3, -0.25) is 0 Å². The first-order chi connectivity index (χ1) is 10.7. The van der Waals surface area contributed by atoms with Crippen molar-refractivity contribution in [2.75, 3.05) is 29.9 Å². The van der Waals surface area contributed by atoms with E-state index in [1.54, 1.807) is 12.1 Å². The molecular weight excluding hydrogens is 283 g/mol. The molecule has 22 heavy (non-hydrogen) atoms. The standard InChI is InChI=1S/C16H19FN4O/c17-13-5-3-4-12(8-13)14(22)10-18-15-9-16(20-11-19-15)21-6-1-2-7-21/h3-5,8-9,11,14,22H,1-2,6-7,10H2,(H,18,19,20). The first-order valence-corrected chi connectivity index (χ1v) is 7.47. The van der Waals surface area contributed by atoms with E-state index in [4.69, 9.17) is 0 Å². The van der Waals surface area contributed by atoms with Crippen LogP contribution in [0.3, 0.4) is 0 Å². The zero-order chi connectivity index (χ0) is 15.4. The molecule has 0 aliphatic carbocycles. The molecule has 0 saturated carbocycles. The molecule has 1 saturated heterocycles. The SMILES string of the molecule is OC(CNc1cc(N2CCCC2)ncn1)c1cccc(F)c1. The molecule has 0 radical (unpaired) electrons. The van der Waals surface area contributed by atoms with Gasteiger partial charge in [-0.15, -0.1) is 0 Å². The van der Waals surface area contributed by atoms with E-state index < -0.39 is 6.10 Å². The summed E-state index contributed by atoms with van der Waals surface area (Å²) in [6.07, 6.45) is 3.10. The van der Waals surface area contributed by atoms with Crippen molar-refractivity contribution in [3.05, 3.63) is 48.0 Å². The van der Waals surface area contributed by atoms with Crippen LogP contribution >= 0.6 is 0 Å². The summed E-state index contributed by atoms with van der Waals surface area (Å²) in [5, 5.41) is 13.2. The predicted molar refractivity (Wildman–Crippen MR) is 83.3 cm³/mol. The molecule has 6 heteroatoms. The average Bonchev–Trinajstić information content (AvgIpc) is 3.07. The van der Waals surface area contributed by atoms with Crippen molar-refractivity contribution in [2.24, 2.45) is 0 Å². The second kappa shape index (κ2) is 6.70. The maximum Gasteiger partial charge on any atom is 0.134 e. The van der Waals surface area contributed by atoms with Crippen LogP contribution in [0.15, 0.2) is 36.7 Å². The Kier molecular flexibility index (Phi) is 4.48. The molecule has 1 unspecified atom stereocenters. The Hall–Kier alpha value is -2.21. The summed E-state index contributed by atoms with van der Waals surface area (Å²) in [6.45, 7) is 2.30. The molecule has 1 aliphatic heterocycles. The highest BCUT2D eigenvalue weighted by Gasteiger charge is 2.14. The highest BCUT2D eigenvalue weighted by atomic mass is 19.1. The van der Waals surface area contributed by atoms with Gasteiger partial charge in [-0.2, -0.15) is 0 Å². The Bertz CT molecular complexity index is 631. The molecule has 0 bridgehead atoms. The first-order valence-electron chi connectivity index (χ1n) is 7.47. The fourth-order valence-corrected chi connectivity index (χ4v) is 2.60. The Morgan fingerprint density at radius 1 is 1.23 bits per heavy atom. The molecule has 2 aromatic rings. The number of aliphatic hydroxyl groups is 1. The van der Waals surface area contributed by atoms with Gasteiger partial charge < -0.3 is 15.3 Å². The van der Waals surface area contributed by atoms with Gasteiger partial charge in [-0.25, -0.2) is 14.4 Å². The maximum absolute atomic E-state index is 13.2. The lowest BCUT2D eigenvalue weighted by Crippen LogP contribution is -2.20. The van der Waals surface area contributed by atoms with E-state index >= 15 is 0 Å². The van der Waals surface area contributed by atoms with E-state index in [1.165, 1.54) is 31.3 Å². The molecular formula is C16H19FN4O. The minimum Gasteiger partial charge on any atom is -0.387 e. The molecule has 116 valence electrons. The molecule has 3 rings (SSSR count). The number of anilines is 2. The van der Waals surface area contributed by atoms with Crippen molar-refractivity contribution in [2.45, 2.75) is 18.9 Å². The molecule has 0 spiro atoms. The Morgan fingerprint density at radius 2 is 2.05 bits per heavy atom. The van der Waals surface area contributed by atoms with Crippen molar-refractivity contribution < 1.29 is 9.50 Å². The second-order valence-corrected chi connectivity index (χ2v) is 5.41. The highest BCUT2D eigenvalue weighted by molar-refractivity contribution is 5.49. The lowest BCUT2D eigenvalue weighted by molar-refractivity contribution is 0.191. The van der Waals surface area contributed by atoms with Gasteiger partial charge in [0.15, 0.2) is 0 Å². The van der Waals surface area contributed by atoms with Crippen LogP contribution in [0.2, 0.25) is 0 Å². The third-order valence-electron chi connectivity index (χ3n) is 3.79. The topological polar surface area (TPSA) is 61.3 Å². The largest absolute Gasteiger partial charge is 0.387 e. The summed E-state index contributed by atoms with van der Waals surface area (Å²) in [5.74, 6) is 1.21. The van der Waals surface area contributed by atoms with Gasteiger partial charge in [0.25, 0.3) is 0 Å². The first kappa shape index (κ1) is 14.7. The van der Waals surface area contributed by atoms with Crippen molar-refractivity contribution in [1.29, 1.82) is 0 Å². The van der Waals surface area contributed by atoms with Crippen LogP contribution in [-0.4, -0.2) is 34.7 Å². The van der Waals surface area contributed by atoms with E-state index in [9.17, 15) is 9.50 Å². The number of nitrogens with zero attached hydrogens (tertiary/aromatic N) is 3. The zero-order valence-electron chi connectivity index (χ0n) is 12.2.